The van der Waals surface area contributed by atoms with Gasteiger partial charge in [-0.05, 0) is 24.7 Å². The Labute approximate surface area is 186 Å². The molecule has 0 aromatic rings. The Kier molecular flexibility index (Phi) is 10.5. The Bertz CT molecular complexity index is 620. The molecule has 0 aliphatic carbocycles. The van der Waals surface area contributed by atoms with Crippen molar-refractivity contribution in [2.45, 2.75) is 91.7 Å². The van der Waals surface area contributed by atoms with Crippen molar-refractivity contribution in [3.05, 3.63) is 0 Å². The number of carbonyl (C=O) groups excluding carboxylic acids is 4. The molecule has 30 heavy (non-hydrogen) atoms. The minimum Gasteiger partial charge on any atom is -0.356 e. The summed E-state index contributed by atoms with van der Waals surface area (Å²) in [6.07, 6.45) is 4.35. The van der Waals surface area contributed by atoms with Gasteiger partial charge in [-0.1, -0.05) is 48.0 Å². The number of rotatable bonds is 12. The fourth-order valence-corrected chi connectivity index (χ4v) is 4.20. The van der Waals surface area contributed by atoms with Gasteiger partial charge in [0.15, 0.2) is 0 Å². The second kappa shape index (κ2) is 11.9. The fourth-order valence-electron chi connectivity index (χ4n) is 3.08. The number of carbonyl (C=O) groups is 4. The van der Waals surface area contributed by atoms with Crippen LogP contribution < -0.4 is 5.32 Å². The van der Waals surface area contributed by atoms with Crippen LogP contribution in [0.4, 0.5) is 0 Å². The molecule has 1 rings (SSSR count). The number of hydrogen-bond acceptors (Lipinski definition) is 5. The van der Waals surface area contributed by atoms with Crippen LogP contribution in [0.5, 0.6) is 0 Å². The summed E-state index contributed by atoms with van der Waals surface area (Å²) >= 11 is 1.42. The van der Waals surface area contributed by atoms with Crippen molar-refractivity contribution in [2.24, 2.45) is 10.8 Å². The van der Waals surface area contributed by atoms with Gasteiger partial charge in [0.25, 0.3) is 0 Å². The largest absolute Gasteiger partial charge is 0.356 e. The van der Waals surface area contributed by atoms with Crippen LogP contribution in [0.15, 0.2) is 0 Å². The normalized spacial score (nSPS) is 17.5. The third-order valence-corrected chi connectivity index (χ3v) is 6.38. The van der Waals surface area contributed by atoms with E-state index in [0.717, 1.165) is 19.3 Å². The number of amides is 3. The van der Waals surface area contributed by atoms with E-state index in [1.807, 2.05) is 20.8 Å². The van der Waals surface area contributed by atoms with Crippen LogP contribution >= 0.6 is 11.8 Å². The summed E-state index contributed by atoms with van der Waals surface area (Å²) < 4.78 is 0. The number of nitrogens with zero attached hydrogens (tertiary/aromatic N) is 1. The lowest BCUT2D eigenvalue weighted by Gasteiger charge is -2.18. The molecule has 1 fully saturated rings. The second-order valence-electron chi connectivity index (χ2n) is 10.3. The molecule has 1 N–H and O–H groups in total. The van der Waals surface area contributed by atoms with E-state index in [0.29, 0.717) is 38.1 Å². The van der Waals surface area contributed by atoms with Gasteiger partial charge in [0.2, 0.25) is 17.7 Å². The average molecular weight is 441 g/mol. The van der Waals surface area contributed by atoms with E-state index in [1.54, 1.807) is 0 Å². The van der Waals surface area contributed by atoms with Crippen LogP contribution in [0.1, 0.15) is 86.5 Å². The highest BCUT2D eigenvalue weighted by Crippen LogP contribution is 2.27. The molecule has 1 aliphatic heterocycles. The Morgan fingerprint density at radius 1 is 1.03 bits per heavy atom. The molecule has 0 aromatic carbocycles. The van der Waals surface area contributed by atoms with Gasteiger partial charge >= 0.3 is 0 Å². The fraction of sp³-hybridized carbons (Fsp3) is 0.826. The van der Waals surface area contributed by atoms with E-state index in [9.17, 15) is 19.2 Å². The molecule has 0 aromatic heterocycles. The van der Waals surface area contributed by atoms with E-state index in [-0.39, 0.29) is 46.0 Å². The monoisotopic (exact) mass is 440 g/mol. The number of unbranched alkanes of at least 4 members (excludes halogenated alkanes) is 2. The molecule has 0 spiro atoms. The lowest BCUT2D eigenvalue weighted by molar-refractivity contribution is -0.138. The molecular weight excluding hydrogens is 400 g/mol. The number of hydrogen-bond donors (Lipinski definition) is 1. The number of nitrogens with one attached hydrogen (secondary N) is 1. The van der Waals surface area contributed by atoms with E-state index in [4.69, 9.17) is 0 Å². The van der Waals surface area contributed by atoms with Gasteiger partial charge in [-0.15, -0.1) is 11.8 Å². The Hall–Kier alpha value is -1.37. The van der Waals surface area contributed by atoms with Gasteiger partial charge in [-0.3, -0.25) is 24.1 Å². The van der Waals surface area contributed by atoms with Crippen LogP contribution in [0.2, 0.25) is 0 Å². The SMILES string of the molecule is CC(C)(C)CCNC(=O)CCCCCN1C(=O)CC(SCCC(=O)C(C)(C)C)C1=O. The van der Waals surface area contributed by atoms with Crippen molar-refractivity contribution in [2.75, 3.05) is 18.8 Å². The summed E-state index contributed by atoms with van der Waals surface area (Å²) in [6, 6.07) is 0. The number of likely N-dealkylation sites (tertiary alicyclic amines) is 1. The third kappa shape index (κ3) is 10.1. The Balaban J connectivity index is 2.22. The summed E-state index contributed by atoms with van der Waals surface area (Å²) in [4.78, 5) is 49.9. The van der Waals surface area contributed by atoms with Gasteiger partial charge < -0.3 is 5.32 Å². The number of ketones is 1. The standard InChI is InChI=1S/C23H40N2O4S/c1-22(2,3)12-13-24-19(27)10-8-7-9-14-25-20(28)16-17(21(25)29)30-15-11-18(26)23(4,5)6/h17H,7-16H2,1-6H3,(H,24,27). The van der Waals surface area contributed by atoms with Crippen molar-refractivity contribution < 1.29 is 19.2 Å². The molecule has 7 heteroatoms. The molecule has 1 aliphatic rings. The van der Waals surface area contributed by atoms with Gasteiger partial charge in [0.1, 0.15) is 5.78 Å². The summed E-state index contributed by atoms with van der Waals surface area (Å²) in [7, 11) is 0. The average Bonchev–Trinajstić information content (AvgIpc) is 2.86. The van der Waals surface area contributed by atoms with E-state index in [2.05, 4.69) is 26.1 Å². The quantitative estimate of drug-likeness (QED) is 0.367. The lowest BCUT2D eigenvalue weighted by atomic mass is 9.89. The highest BCUT2D eigenvalue weighted by Gasteiger charge is 2.38. The van der Waals surface area contributed by atoms with E-state index in [1.165, 1.54) is 16.7 Å². The molecule has 1 atom stereocenters. The van der Waals surface area contributed by atoms with Gasteiger partial charge in [-0.25, -0.2) is 0 Å². The Morgan fingerprint density at radius 3 is 2.30 bits per heavy atom. The first-order valence-corrected chi connectivity index (χ1v) is 12.1. The summed E-state index contributed by atoms with van der Waals surface area (Å²) in [6.45, 7) is 13.2. The summed E-state index contributed by atoms with van der Waals surface area (Å²) in [5, 5.41) is 2.58. The third-order valence-electron chi connectivity index (χ3n) is 5.17. The van der Waals surface area contributed by atoms with E-state index < -0.39 is 0 Å². The number of Topliss-reactive ketones (excluding diaryl/α,β-unsaturated/α-hetero) is 1. The minimum atomic E-state index is -0.369. The maximum atomic E-state index is 12.5. The molecule has 1 saturated heterocycles. The van der Waals surface area contributed by atoms with Crippen LogP contribution in [0.25, 0.3) is 0 Å². The lowest BCUT2D eigenvalue weighted by Crippen LogP contribution is -2.32. The highest BCUT2D eigenvalue weighted by molar-refractivity contribution is 8.00. The zero-order chi connectivity index (χ0) is 22.9. The first-order valence-electron chi connectivity index (χ1n) is 11.1. The zero-order valence-electron chi connectivity index (χ0n) is 19.6. The smallest absolute Gasteiger partial charge is 0.242 e. The summed E-state index contributed by atoms with van der Waals surface area (Å²) in [5.41, 5.74) is -0.161. The molecule has 0 saturated carbocycles. The predicted molar refractivity (Wildman–Crippen MR) is 122 cm³/mol. The molecule has 1 heterocycles. The van der Waals surface area contributed by atoms with Crippen LogP contribution in [0, 0.1) is 10.8 Å². The van der Waals surface area contributed by atoms with Crippen molar-refractivity contribution in [3.8, 4) is 0 Å². The van der Waals surface area contributed by atoms with E-state index >= 15 is 0 Å². The topological polar surface area (TPSA) is 83.6 Å². The Morgan fingerprint density at radius 2 is 1.70 bits per heavy atom. The van der Waals surface area contributed by atoms with Crippen molar-refractivity contribution in [3.63, 3.8) is 0 Å². The van der Waals surface area contributed by atoms with Crippen molar-refractivity contribution >= 4 is 35.3 Å². The van der Waals surface area contributed by atoms with Crippen LogP contribution in [-0.4, -0.2) is 52.5 Å². The second-order valence-corrected chi connectivity index (χ2v) is 11.7. The molecule has 1 unspecified atom stereocenters. The highest BCUT2D eigenvalue weighted by atomic mass is 32.2. The molecule has 0 bridgehead atoms. The maximum Gasteiger partial charge on any atom is 0.242 e. The molecule has 172 valence electrons. The zero-order valence-corrected chi connectivity index (χ0v) is 20.5. The van der Waals surface area contributed by atoms with Crippen LogP contribution in [-0.2, 0) is 19.2 Å². The first-order chi connectivity index (χ1) is 13.8. The number of imide groups is 1. The molecule has 3 amide bonds. The molecule has 6 nitrogen and oxygen atoms in total. The number of thioether (sulfide) groups is 1. The van der Waals surface area contributed by atoms with Gasteiger partial charge in [0.05, 0.1) is 5.25 Å². The first kappa shape index (κ1) is 26.7. The maximum absolute atomic E-state index is 12.5. The molecular formula is C23H40N2O4S. The summed E-state index contributed by atoms with van der Waals surface area (Å²) in [5.74, 6) is 0.547. The predicted octanol–water partition coefficient (Wildman–Crippen LogP) is 3.97. The van der Waals surface area contributed by atoms with Gasteiger partial charge in [0, 0.05) is 43.5 Å². The molecule has 0 radical (unpaired) electrons. The minimum absolute atomic E-state index is 0.0637. The van der Waals surface area contributed by atoms with Crippen molar-refractivity contribution in [1.82, 2.24) is 10.2 Å². The van der Waals surface area contributed by atoms with Crippen LogP contribution in [0.3, 0.4) is 0 Å². The van der Waals surface area contributed by atoms with Crippen molar-refractivity contribution in [1.29, 1.82) is 0 Å². The van der Waals surface area contributed by atoms with Gasteiger partial charge in [-0.2, -0.15) is 0 Å².